The molecular weight excluding hydrogens is 172 g/mol. The molecule has 8 heteroatoms. The van der Waals surface area contributed by atoms with Crippen molar-refractivity contribution in [3.8, 4) is 0 Å². The minimum atomic E-state index is -0.0281. The summed E-state index contributed by atoms with van der Waals surface area (Å²) < 4.78 is 0. The van der Waals surface area contributed by atoms with Crippen LogP contribution in [0.25, 0.3) is 21.6 Å². The summed E-state index contributed by atoms with van der Waals surface area (Å²) in [5.41, 5.74) is 14.6. The maximum absolute atomic E-state index is 8.14. The number of rotatable bonds is 1. The van der Waals surface area contributed by atoms with Crippen LogP contribution in [-0.4, -0.2) is 19.9 Å². The average Bonchev–Trinajstić information content (AvgIpc) is 2.53. The van der Waals surface area contributed by atoms with Gasteiger partial charge in [0.05, 0.1) is 6.33 Å². The van der Waals surface area contributed by atoms with Gasteiger partial charge >= 0.3 is 0 Å². The molecule has 0 bridgehead atoms. The van der Waals surface area contributed by atoms with E-state index in [2.05, 4.69) is 30.0 Å². The number of aromatic nitrogens is 4. The van der Waals surface area contributed by atoms with Crippen molar-refractivity contribution in [3.05, 3.63) is 16.8 Å². The van der Waals surface area contributed by atoms with Crippen LogP contribution in [0.3, 0.4) is 0 Å². The second-order valence-corrected chi connectivity index (χ2v) is 2.20. The second kappa shape index (κ2) is 2.61. The van der Waals surface area contributed by atoms with Gasteiger partial charge in [0.1, 0.15) is 5.52 Å². The standard InChI is InChI=1S/C5H4N8/c6-3-2-4(9-1-8-2)11-5(10-3)12-13-7/h1H,(H3,6,8,9,10,11). The maximum atomic E-state index is 8.14. The molecule has 64 valence electrons. The SMILES string of the molecule is [N-]=[N+]=Nc1nc(N)c2[nH]cnc2n1. The van der Waals surface area contributed by atoms with Gasteiger partial charge in [-0.05, 0) is 10.6 Å². The molecule has 0 saturated carbocycles. The smallest absolute Gasteiger partial charge is 0.220 e. The number of nitrogens with zero attached hydrogens (tertiary/aromatic N) is 6. The van der Waals surface area contributed by atoms with Crippen molar-refractivity contribution >= 4 is 22.9 Å². The van der Waals surface area contributed by atoms with Gasteiger partial charge in [-0.2, -0.15) is 0 Å². The first-order chi connectivity index (χ1) is 6.31. The van der Waals surface area contributed by atoms with E-state index in [0.717, 1.165) is 0 Å². The number of anilines is 1. The molecule has 0 aliphatic rings. The highest BCUT2D eigenvalue weighted by molar-refractivity contribution is 5.81. The lowest BCUT2D eigenvalue weighted by Crippen LogP contribution is -1.93. The molecule has 13 heavy (non-hydrogen) atoms. The number of hydrogen-bond acceptors (Lipinski definition) is 5. The van der Waals surface area contributed by atoms with Gasteiger partial charge < -0.3 is 10.7 Å². The first-order valence-corrected chi connectivity index (χ1v) is 3.33. The Morgan fingerprint density at radius 2 is 2.38 bits per heavy atom. The number of nitrogens with two attached hydrogens (primary N) is 1. The Morgan fingerprint density at radius 1 is 1.54 bits per heavy atom. The summed E-state index contributed by atoms with van der Waals surface area (Å²) in [6.45, 7) is 0. The predicted molar refractivity (Wildman–Crippen MR) is 44.9 cm³/mol. The maximum Gasteiger partial charge on any atom is 0.220 e. The predicted octanol–water partition coefficient (Wildman–Crippen LogP) is 0.877. The second-order valence-electron chi connectivity index (χ2n) is 2.20. The van der Waals surface area contributed by atoms with Crippen molar-refractivity contribution < 1.29 is 0 Å². The fraction of sp³-hybridized carbons (Fsp3) is 0. The molecule has 0 spiro atoms. The van der Waals surface area contributed by atoms with E-state index in [1.807, 2.05) is 0 Å². The van der Waals surface area contributed by atoms with Crippen molar-refractivity contribution in [3.63, 3.8) is 0 Å². The number of azide groups is 1. The van der Waals surface area contributed by atoms with Gasteiger partial charge in [-0.15, -0.1) is 0 Å². The Morgan fingerprint density at radius 3 is 3.15 bits per heavy atom. The molecule has 0 radical (unpaired) electrons. The lowest BCUT2D eigenvalue weighted by Gasteiger charge is -1.94. The van der Waals surface area contributed by atoms with Crippen LogP contribution in [0.1, 0.15) is 0 Å². The third-order valence-electron chi connectivity index (χ3n) is 1.44. The third-order valence-corrected chi connectivity index (χ3v) is 1.44. The molecule has 2 aromatic rings. The number of nitrogens with one attached hydrogen (secondary N) is 1. The van der Waals surface area contributed by atoms with Gasteiger partial charge in [-0.25, -0.2) is 15.0 Å². The van der Waals surface area contributed by atoms with Gasteiger partial charge in [0.2, 0.25) is 5.95 Å². The zero-order valence-corrected chi connectivity index (χ0v) is 6.34. The van der Waals surface area contributed by atoms with Crippen molar-refractivity contribution in [2.45, 2.75) is 0 Å². The quantitative estimate of drug-likeness (QED) is 0.379. The average molecular weight is 176 g/mol. The summed E-state index contributed by atoms with van der Waals surface area (Å²) in [4.78, 5) is 16.7. The normalized spacial score (nSPS) is 9.85. The van der Waals surface area contributed by atoms with Gasteiger partial charge in [0.25, 0.3) is 0 Å². The van der Waals surface area contributed by atoms with E-state index in [1.54, 1.807) is 0 Å². The first-order valence-electron chi connectivity index (χ1n) is 3.33. The van der Waals surface area contributed by atoms with E-state index < -0.39 is 0 Å². The van der Waals surface area contributed by atoms with Gasteiger partial charge in [0.15, 0.2) is 11.5 Å². The van der Waals surface area contributed by atoms with Crippen molar-refractivity contribution in [1.82, 2.24) is 19.9 Å². The number of fused-ring (bicyclic) bond motifs is 1. The zero-order valence-electron chi connectivity index (χ0n) is 6.34. The summed E-state index contributed by atoms with van der Waals surface area (Å²) in [5.74, 6) is 0.185. The topological polar surface area (TPSA) is 129 Å². The molecule has 0 aromatic carbocycles. The molecule has 2 rings (SSSR count). The van der Waals surface area contributed by atoms with E-state index in [0.29, 0.717) is 11.2 Å². The molecule has 2 aromatic heterocycles. The Hall–Kier alpha value is -2.34. The highest BCUT2D eigenvalue weighted by Crippen LogP contribution is 2.16. The molecule has 0 aliphatic heterocycles. The lowest BCUT2D eigenvalue weighted by atomic mass is 10.5. The van der Waals surface area contributed by atoms with E-state index in [4.69, 9.17) is 11.3 Å². The van der Waals surface area contributed by atoms with Crippen molar-refractivity contribution in [2.24, 2.45) is 5.11 Å². The number of H-pyrrole nitrogens is 1. The van der Waals surface area contributed by atoms with Gasteiger partial charge in [-0.3, -0.25) is 0 Å². The molecule has 0 aliphatic carbocycles. The van der Waals surface area contributed by atoms with E-state index in [9.17, 15) is 0 Å². The number of hydrogen-bond donors (Lipinski definition) is 2. The molecule has 8 nitrogen and oxygen atoms in total. The largest absolute Gasteiger partial charge is 0.382 e. The van der Waals surface area contributed by atoms with E-state index in [1.165, 1.54) is 6.33 Å². The molecule has 0 unspecified atom stereocenters. The molecular formula is C5H4N8. The summed E-state index contributed by atoms with van der Waals surface area (Å²) in [6.07, 6.45) is 1.44. The fourth-order valence-electron chi connectivity index (χ4n) is 0.928. The van der Waals surface area contributed by atoms with Crippen LogP contribution in [0.15, 0.2) is 11.4 Å². The number of aromatic amines is 1. The van der Waals surface area contributed by atoms with Crippen LogP contribution in [0.4, 0.5) is 11.8 Å². The Kier molecular flexibility index (Phi) is 1.47. The van der Waals surface area contributed by atoms with Crippen LogP contribution < -0.4 is 5.73 Å². The Labute approximate surface area is 71.5 Å². The number of imidazole rings is 1. The lowest BCUT2D eigenvalue weighted by molar-refractivity contribution is 1.16. The molecule has 2 heterocycles. The summed E-state index contributed by atoms with van der Waals surface area (Å²) >= 11 is 0. The highest BCUT2D eigenvalue weighted by Gasteiger charge is 2.04. The summed E-state index contributed by atoms with van der Waals surface area (Å²) in [5, 5.41) is 3.22. The summed E-state index contributed by atoms with van der Waals surface area (Å²) in [6, 6.07) is 0. The minimum absolute atomic E-state index is 0.0281. The van der Waals surface area contributed by atoms with E-state index >= 15 is 0 Å². The number of nitrogen functional groups attached to an aromatic ring is 1. The molecule has 0 atom stereocenters. The molecule has 3 N–H and O–H groups in total. The Bertz CT molecular complexity index is 492. The fourth-order valence-corrected chi connectivity index (χ4v) is 0.928. The van der Waals surface area contributed by atoms with Crippen molar-refractivity contribution in [1.29, 1.82) is 0 Å². The molecule has 0 saturated heterocycles. The van der Waals surface area contributed by atoms with Gasteiger partial charge in [-0.1, -0.05) is 0 Å². The van der Waals surface area contributed by atoms with Gasteiger partial charge in [0, 0.05) is 4.91 Å². The van der Waals surface area contributed by atoms with E-state index in [-0.39, 0.29) is 11.8 Å². The van der Waals surface area contributed by atoms with Crippen LogP contribution in [0.5, 0.6) is 0 Å². The first kappa shape index (κ1) is 7.32. The van der Waals surface area contributed by atoms with Crippen LogP contribution in [0, 0.1) is 0 Å². The Balaban J connectivity index is 2.76. The minimum Gasteiger partial charge on any atom is -0.382 e. The highest BCUT2D eigenvalue weighted by atomic mass is 15.2. The summed E-state index contributed by atoms with van der Waals surface area (Å²) in [7, 11) is 0. The van der Waals surface area contributed by atoms with Crippen molar-refractivity contribution in [2.75, 3.05) is 5.73 Å². The zero-order chi connectivity index (χ0) is 9.26. The monoisotopic (exact) mass is 176 g/mol. The molecule has 0 amide bonds. The van der Waals surface area contributed by atoms with Crippen LogP contribution >= 0.6 is 0 Å². The molecule has 0 fully saturated rings. The van der Waals surface area contributed by atoms with Crippen LogP contribution in [0.2, 0.25) is 0 Å². The van der Waals surface area contributed by atoms with Crippen LogP contribution in [-0.2, 0) is 0 Å². The third kappa shape index (κ3) is 1.10.